The van der Waals surface area contributed by atoms with E-state index >= 15 is 0 Å². The molecule has 1 saturated heterocycles. The second-order valence-corrected chi connectivity index (χ2v) is 6.75. The molecule has 0 radical (unpaired) electrons. The van der Waals surface area contributed by atoms with Gasteiger partial charge in [0.2, 0.25) is 0 Å². The van der Waals surface area contributed by atoms with Crippen molar-refractivity contribution in [2.75, 3.05) is 26.2 Å². The first-order chi connectivity index (χ1) is 9.15. The number of quaternary nitrogens is 1. The first-order valence-corrected chi connectivity index (χ1v) is 8.23. The quantitative estimate of drug-likeness (QED) is 0.808. The zero-order valence-electron chi connectivity index (χ0n) is 11.4. The molecule has 0 amide bonds. The summed E-state index contributed by atoms with van der Waals surface area (Å²) in [6.07, 6.45) is 3.86. The van der Waals surface area contributed by atoms with Crippen molar-refractivity contribution < 1.29 is 9.64 Å². The van der Waals surface area contributed by atoms with E-state index in [9.17, 15) is 0 Å². The average molecular weight is 348 g/mol. The van der Waals surface area contributed by atoms with Crippen LogP contribution in [-0.4, -0.2) is 26.2 Å². The molecule has 1 aliphatic heterocycles. The molecule has 0 aliphatic carbocycles. The number of hydrogen-bond donors (Lipinski definition) is 1. The first kappa shape index (κ1) is 15.1. The van der Waals surface area contributed by atoms with Crippen LogP contribution in [-0.2, 0) is 0 Å². The van der Waals surface area contributed by atoms with Crippen LogP contribution in [0.2, 0.25) is 5.02 Å². The largest absolute Gasteiger partial charge is 0.492 e. The highest BCUT2D eigenvalue weighted by molar-refractivity contribution is 9.10. The fraction of sp³-hybridized carbons (Fsp3) is 0.600. The van der Waals surface area contributed by atoms with Crippen molar-refractivity contribution >= 4 is 27.5 Å². The van der Waals surface area contributed by atoms with Gasteiger partial charge >= 0.3 is 0 Å². The second kappa shape index (κ2) is 7.51. The Bertz CT molecular complexity index is 405. The van der Waals surface area contributed by atoms with Gasteiger partial charge in [-0.15, -0.1) is 0 Å². The van der Waals surface area contributed by atoms with E-state index in [0.29, 0.717) is 0 Å². The summed E-state index contributed by atoms with van der Waals surface area (Å²) in [4.78, 5) is 1.73. The van der Waals surface area contributed by atoms with Crippen LogP contribution < -0.4 is 9.64 Å². The summed E-state index contributed by atoms with van der Waals surface area (Å²) < 4.78 is 6.71. The molecule has 0 saturated carbocycles. The lowest BCUT2D eigenvalue weighted by Gasteiger charge is -2.27. The second-order valence-electron chi connectivity index (χ2n) is 5.46. The maximum Gasteiger partial charge on any atom is 0.133 e. The number of nitrogens with one attached hydrogen (secondary N) is 1. The highest BCUT2D eigenvalue weighted by atomic mass is 79.9. The zero-order valence-corrected chi connectivity index (χ0v) is 13.8. The van der Waals surface area contributed by atoms with Gasteiger partial charge in [0, 0.05) is 11.4 Å². The van der Waals surface area contributed by atoms with E-state index in [4.69, 9.17) is 16.3 Å². The van der Waals surface area contributed by atoms with Gasteiger partial charge in [0.15, 0.2) is 0 Å². The average Bonchev–Trinajstić information content (AvgIpc) is 2.39. The summed E-state index contributed by atoms with van der Waals surface area (Å²) >= 11 is 9.37. The Morgan fingerprint density at radius 3 is 2.79 bits per heavy atom. The molecule has 1 N–H and O–H groups in total. The van der Waals surface area contributed by atoms with Crippen molar-refractivity contribution in [1.82, 2.24) is 0 Å². The van der Waals surface area contributed by atoms with Crippen LogP contribution in [0, 0.1) is 5.92 Å². The Kier molecular flexibility index (Phi) is 5.99. The van der Waals surface area contributed by atoms with E-state index in [2.05, 4.69) is 22.9 Å². The van der Waals surface area contributed by atoms with Crippen molar-refractivity contribution in [2.45, 2.75) is 26.2 Å². The molecule has 0 atom stereocenters. The summed E-state index contributed by atoms with van der Waals surface area (Å²) in [5.41, 5.74) is 0. The number of halogens is 2. The van der Waals surface area contributed by atoms with Crippen LogP contribution in [0.25, 0.3) is 0 Å². The minimum atomic E-state index is 0.728. The molecule has 2 rings (SSSR count). The van der Waals surface area contributed by atoms with Crippen LogP contribution in [0.4, 0.5) is 0 Å². The van der Waals surface area contributed by atoms with E-state index in [1.165, 1.54) is 32.5 Å². The van der Waals surface area contributed by atoms with Gasteiger partial charge in [-0.2, -0.15) is 0 Å². The highest BCUT2D eigenvalue weighted by Crippen LogP contribution is 2.27. The van der Waals surface area contributed by atoms with Crippen molar-refractivity contribution in [3.8, 4) is 5.75 Å². The lowest BCUT2D eigenvalue weighted by Crippen LogP contribution is -3.13. The lowest BCUT2D eigenvalue weighted by molar-refractivity contribution is -0.906. The maximum atomic E-state index is 5.90. The highest BCUT2D eigenvalue weighted by Gasteiger charge is 2.18. The Labute approximate surface area is 129 Å². The van der Waals surface area contributed by atoms with Crippen LogP contribution in [0.5, 0.6) is 5.75 Å². The van der Waals surface area contributed by atoms with E-state index < -0.39 is 0 Å². The Hall–Kier alpha value is -0.250. The van der Waals surface area contributed by atoms with Gasteiger partial charge in [-0.1, -0.05) is 18.5 Å². The van der Waals surface area contributed by atoms with Gasteiger partial charge in [0.05, 0.1) is 30.7 Å². The minimum absolute atomic E-state index is 0.728. The van der Waals surface area contributed by atoms with Crippen LogP contribution in [0.3, 0.4) is 0 Å². The number of piperidine rings is 1. The normalized spacial score (nSPS) is 23.3. The van der Waals surface area contributed by atoms with E-state index in [-0.39, 0.29) is 0 Å². The molecule has 0 spiro atoms. The SMILES string of the molecule is CC1CC[NH+](CCCOc2ccc(Cl)cc2Br)CC1. The van der Waals surface area contributed by atoms with Crippen molar-refractivity contribution in [1.29, 1.82) is 0 Å². The molecule has 1 heterocycles. The van der Waals surface area contributed by atoms with Crippen molar-refractivity contribution in [3.63, 3.8) is 0 Å². The summed E-state index contributed by atoms with van der Waals surface area (Å²) in [5, 5.41) is 0.728. The van der Waals surface area contributed by atoms with Crippen molar-refractivity contribution in [2.24, 2.45) is 5.92 Å². The Morgan fingerprint density at radius 1 is 1.37 bits per heavy atom. The van der Waals surface area contributed by atoms with Crippen LogP contribution in [0.15, 0.2) is 22.7 Å². The number of hydrogen-bond acceptors (Lipinski definition) is 1. The fourth-order valence-electron chi connectivity index (χ4n) is 2.52. The summed E-state index contributed by atoms with van der Waals surface area (Å²) in [6, 6.07) is 5.65. The van der Waals surface area contributed by atoms with Gasteiger partial charge in [0.25, 0.3) is 0 Å². The third kappa shape index (κ3) is 4.97. The number of likely N-dealkylation sites (tertiary alicyclic amines) is 1. The molecule has 1 aromatic carbocycles. The molecule has 2 nitrogen and oxygen atoms in total. The van der Waals surface area contributed by atoms with Gasteiger partial charge in [-0.3, -0.25) is 0 Å². The Balaban J connectivity index is 1.66. The van der Waals surface area contributed by atoms with Gasteiger partial charge in [-0.05, 0) is 52.9 Å². The van der Waals surface area contributed by atoms with Crippen molar-refractivity contribution in [3.05, 3.63) is 27.7 Å². The molecule has 0 bridgehead atoms. The smallest absolute Gasteiger partial charge is 0.133 e. The van der Waals surface area contributed by atoms with E-state index in [1.807, 2.05) is 18.2 Å². The molecule has 0 aromatic heterocycles. The van der Waals surface area contributed by atoms with Gasteiger partial charge < -0.3 is 9.64 Å². The number of rotatable bonds is 5. The van der Waals surface area contributed by atoms with E-state index in [1.54, 1.807) is 4.90 Å². The topological polar surface area (TPSA) is 13.7 Å². The molecule has 0 unspecified atom stereocenters. The predicted molar refractivity (Wildman–Crippen MR) is 83.2 cm³/mol. The molecule has 1 aliphatic rings. The molecular weight excluding hydrogens is 326 g/mol. The molecule has 106 valence electrons. The van der Waals surface area contributed by atoms with Gasteiger partial charge in [0.1, 0.15) is 5.75 Å². The molecule has 19 heavy (non-hydrogen) atoms. The predicted octanol–water partition coefficient (Wildman–Crippen LogP) is 3.19. The number of ether oxygens (including phenoxy) is 1. The lowest BCUT2D eigenvalue weighted by atomic mass is 9.99. The standard InChI is InChI=1S/C15H21BrClNO/c1-12-5-8-18(9-6-12)7-2-10-19-15-4-3-13(17)11-14(15)16/h3-4,11-12H,2,5-10H2,1H3/p+1. The third-order valence-electron chi connectivity index (χ3n) is 3.81. The molecule has 1 fully saturated rings. The van der Waals surface area contributed by atoms with E-state index in [0.717, 1.165) is 34.2 Å². The summed E-state index contributed by atoms with van der Waals surface area (Å²) in [6.45, 7) is 7.01. The van der Waals surface area contributed by atoms with Crippen LogP contribution >= 0.6 is 27.5 Å². The molecule has 1 aromatic rings. The summed E-state index contributed by atoms with van der Waals surface area (Å²) in [5.74, 6) is 1.80. The fourth-order valence-corrected chi connectivity index (χ4v) is 3.31. The monoisotopic (exact) mass is 346 g/mol. The number of benzene rings is 1. The molecule has 4 heteroatoms. The summed E-state index contributed by atoms with van der Waals surface area (Å²) in [7, 11) is 0. The van der Waals surface area contributed by atoms with Crippen LogP contribution in [0.1, 0.15) is 26.2 Å². The zero-order chi connectivity index (χ0) is 13.7. The Morgan fingerprint density at radius 2 is 2.11 bits per heavy atom. The molecular formula is C15H22BrClNO+. The van der Waals surface area contributed by atoms with Gasteiger partial charge in [-0.25, -0.2) is 0 Å². The third-order valence-corrected chi connectivity index (χ3v) is 4.66. The maximum absolute atomic E-state index is 5.90. The minimum Gasteiger partial charge on any atom is -0.492 e. The first-order valence-electron chi connectivity index (χ1n) is 7.06.